The van der Waals surface area contributed by atoms with Gasteiger partial charge >= 0.3 is 0 Å². The SMILES string of the molecule is Cc1cncc(-c2ccc(CN3CCOCC3)cc2)c1. The average Bonchev–Trinajstić information content (AvgIpc) is 2.49. The lowest BCUT2D eigenvalue weighted by molar-refractivity contribution is 0.0342. The van der Waals surface area contributed by atoms with Crippen molar-refractivity contribution < 1.29 is 4.74 Å². The molecule has 0 saturated carbocycles. The first-order chi connectivity index (χ1) is 9.81. The molecule has 0 N–H and O–H groups in total. The largest absolute Gasteiger partial charge is 0.379 e. The van der Waals surface area contributed by atoms with Crippen LogP contribution >= 0.6 is 0 Å². The number of rotatable bonds is 3. The first kappa shape index (κ1) is 13.3. The van der Waals surface area contributed by atoms with Crippen LogP contribution in [0.4, 0.5) is 0 Å². The van der Waals surface area contributed by atoms with Crippen molar-refractivity contribution in [2.75, 3.05) is 26.3 Å². The van der Waals surface area contributed by atoms with Crippen LogP contribution < -0.4 is 0 Å². The lowest BCUT2D eigenvalue weighted by Crippen LogP contribution is -2.35. The van der Waals surface area contributed by atoms with E-state index in [-0.39, 0.29) is 0 Å². The number of pyridine rings is 1. The summed E-state index contributed by atoms with van der Waals surface area (Å²) in [6, 6.07) is 11.0. The van der Waals surface area contributed by atoms with Gasteiger partial charge in [-0.3, -0.25) is 9.88 Å². The molecule has 0 aliphatic carbocycles. The van der Waals surface area contributed by atoms with Crippen molar-refractivity contribution >= 4 is 0 Å². The smallest absolute Gasteiger partial charge is 0.0594 e. The van der Waals surface area contributed by atoms with Gasteiger partial charge in [-0.15, -0.1) is 0 Å². The maximum absolute atomic E-state index is 5.38. The summed E-state index contributed by atoms with van der Waals surface area (Å²) in [4.78, 5) is 6.69. The number of aryl methyl sites for hydroxylation is 1. The molecule has 1 aliphatic rings. The van der Waals surface area contributed by atoms with E-state index < -0.39 is 0 Å². The van der Waals surface area contributed by atoms with Gasteiger partial charge in [-0.25, -0.2) is 0 Å². The predicted octanol–water partition coefficient (Wildman–Crippen LogP) is 2.89. The normalized spacial score (nSPS) is 16.2. The molecule has 0 atom stereocenters. The van der Waals surface area contributed by atoms with Gasteiger partial charge in [0, 0.05) is 37.6 Å². The Labute approximate surface area is 120 Å². The highest BCUT2D eigenvalue weighted by atomic mass is 16.5. The van der Waals surface area contributed by atoms with Crippen LogP contribution in [-0.2, 0) is 11.3 Å². The summed E-state index contributed by atoms with van der Waals surface area (Å²) < 4.78 is 5.38. The zero-order valence-electron chi connectivity index (χ0n) is 11.9. The molecule has 1 saturated heterocycles. The molecule has 1 aromatic heterocycles. The first-order valence-corrected chi connectivity index (χ1v) is 7.12. The van der Waals surface area contributed by atoms with E-state index in [0.29, 0.717) is 0 Å². The third-order valence-corrected chi connectivity index (χ3v) is 3.67. The third-order valence-electron chi connectivity index (χ3n) is 3.67. The minimum absolute atomic E-state index is 0.854. The second kappa shape index (κ2) is 6.16. The van der Waals surface area contributed by atoms with Gasteiger partial charge < -0.3 is 4.74 Å². The molecule has 2 heterocycles. The molecular formula is C17H20N2O. The molecule has 0 amide bonds. The Morgan fingerprint density at radius 3 is 2.50 bits per heavy atom. The van der Waals surface area contributed by atoms with E-state index in [1.54, 1.807) is 0 Å². The van der Waals surface area contributed by atoms with Gasteiger partial charge in [-0.05, 0) is 29.7 Å². The molecule has 2 aromatic rings. The Morgan fingerprint density at radius 2 is 1.80 bits per heavy atom. The van der Waals surface area contributed by atoms with Crippen LogP contribution in [0.1, 0.15) is 11.1 Å². The summed E-state index contributed by atoms with van der Waals surface area (Å²) in [6.07, 6.45) is 3.81. The number of ether oxygens (including phenoxy) is 1. The van der Waals surface area contributed by atoms with Crippen LogP contribution in [0.5, 0.6) is 0 Å². The molecule has 3 heteroatoms. The summed E-state index contributed by atoms with van der Waals surface area (Å²) >= 11 is 0. The number of aromatic nitrogens is 1. The fourth-order valence-electron chi connectivity index (χ4n) is 2.53. The van der Waals surface area contributed by atoms with Crippen molar-refractivity contribution in [3.63, 3.8) is 0 Å². The molecule has 3 nitrogen and oxygen atoms in total. The van der Waals surface area contributed by atoms with E-state index in [1.165, 1.54) is 22.3 Å². The molecule has 3 rings (SSSR count). The van der Waals surface area contributed by atoms with Gasteiger partial charge in [0.25, 0.3) is 0 Å². The van der Waals surface area contributed by atoms with Crippen molar-refractivity contribution in [1.82, 2.24) is 9.88 Å². The third kappa shape index (κ3) is 3.24. The van der Waals surface area contributed by atoms with E-state index in [0.717, 1.165) is 32.8 Å². The lowest BCUT2D eigenvalue weighted by atomic mass is 10.0. The van der Waals surface area contributed by atoms with E-state index in [9.17, 15) is 0 Å². The van der Waals surface area contributed by atoms with Crippen molar-refractivity contribution in [2.24, 2.45) is 0 Å². The molecule has 1 aliphatic heterocycles. The first-order valence-electron chi connectivity index (χ1n) is 7.12. The minimum Gasteiger partial charge on any atom is -0.379 e. The predicted molar refractivity (Wildman–Crippen MR) is 80.5 cm³/mol. The highest BCUT2D eigenvalue weighted by Crippen LogP contribution is 2.20. The molecule has 1 fully saturated rings. The maximum Gasteiger partial charge on any atom is 0.0594 e. The van der Waals surface area contributed by atoms with Crippen molar-refractivity contribution in [3.8, 4) is 11.1 Å². The van der Waals surface area contributed by atoms with E-state index in [4.69, 9.17) is 4.74 Å². The number of nitrogens with zero attached hydrogens (tertiary/aromatic N) is 2. The molecule has 0 radical (unpaired) electrons. The van der Waals surface area contributed by atoms with Crippen LogP contribution in [0.15, 0.2) is 42.7 Å². The van der Waals surface area contributed by atoms with Crippen molar-refractivity contribution in [3.05, 3.63) is 53.9 Å². The van der Waals surface area contributed by atoms with E-state index in [2.05, 4.69) is 47.1 Å². The van der Waals surface area contributed by atoms with Crippen LogP contribution in [-0.4, -0.2) is 36.2 Å². The molecule has 0 spiro atoms. The second-order valence-electron chi connectivity index (χ2n) is 5.34. The number of benzene rings is 1. The summed E-state index contributed by atoms with van der Waals surface area (Å²) in [5.74, 6) is 0. The van der Waals surface area contributed by atoms with E-state index >= 15 is 0 Å². The minimum atomic E-state index is 0.854. The van der Waals surface area contributed by atoms with Gasteiger partial charge in [0.15, 0.2) is 0 Å². The molecule has 104 valence electrons. The Kier molecular flexibility index (Phi) is 4.09. The van der Waals surface area contributed by atoms with E-state index in [1.807, 2.05) is 12.4 Å². The second-order valence-corrected chi connectivity index (χ2v) is 5.34. The zero-order valence-corrected chi connectivity index (χ0v) is 11.9. The van der Waals surface area contributed by atoms with Crippen LogP contribution in [0.3, 0.4) is 0 Å². The quantitative estimate of drug-likeness (QED) is 0.856. The van der Waals surface area contributed by atoms with Gasteiger partial charge in [0.1, 0.15) is 0 Å². The van der Waals surface area contributed by atoms with Crippen molar-refractivity contribution in [1.29, 1.82) is 0 Å². The van der Waals surface area contributed by atoms with Crippen molar-refractivity contribution in [2.45, 2.75) is 13.5 Å². The van der Waals surface area contributed by atoms with Crippen LogP contribution in [0, 0.1) is 6.92 Å². The summed E-state index contributed by atoms with van der Waals surface area (Å²) in [7, 11) is 0. The van der Waals surface area contributed by atoms with Gasteiger partial charge in [-0.2, -0.15) is 0 Å². The summed E-state index contributed by atoms with van der Waals surface area (Å²) in [5, 5.41) is 0. The number of hydrogen-bond acceptors (Lipinski definition) is 3. The topological polar surface area (TPSA) is 25.4 Å². The monoisotopic (exact) mass is 268 g/mol. The van der Waals surface area contributed by atoms with Gasteiger partial charge in [0.05, 0.1) is 13.2 Å². The van der Waals surface area contributed by atoms with Crippen LogP contribution in [0.2, 0.25) is 0 Å². The number of hydrogen-bond donors (Lipinski definition) is 0. The van der Waals surface area contributed by atoms with Crippen LogP contribution in [0.25, 0.3) is 11.1 Å². The molecule has 0 bridgehead atoms. The molecular weight excluding hydrogens is 248 g/mol. The molecule has 0 unspecified atom stereocenters. The Bertz CT molecular complexity index is 559. The maximum atomic E-state index is 5.38. The molecule has 1 aromatic carbocycles. The standard InChI is InChI=1S/C17H20N2O/c1-14-10-17(12-18-11-14)16-4-2-15(3-5-16)13-19-6-8-20-9-7-19/h2-5,10-12H,6-9,13H2,1H3. The Morgan fingerprint density at radius 1 is 1.05 bits per heavy atom. The zero-order chi connectivity index (χ0) is 13.8. The van der Waals surface area contributed by atoms with Gasteiger partial charge in [-0.1, -0.05) is 24.3 Å². The highest BCUT2D eigenvalue weighted by Gasteiger charge is 2.10. The Hall–Kier alpha value is -1.71. The van der Waals surface area contributed by atoms with Gasteiger partial charge in [0.2, 0.25) is 0 Å². The summed E-state index contributed by atoms with van der Waals surface area (Å²) in [5.41, 5.74) is 4.96. The molecule has 20 heavy (non-hydrogen) atoms. The Balaban J connectivity index is 1.71. The summed E-state index contributed by atoms with van der Waals surface area (Å²) in [6.45, 7) is 6.85. The fraction of sp³-hybridized carbons (Fsp3) is 0.353. The highest BCUT2D eigenvalue weighted by molar-refractivity contribution is 5.63. The average molecular weight is 268 g/mol. The fourth-order valence-corrected chi connectivity index (χ4v) is 2.53. The lowest BCUT2D eigenvalue weighted by Gasteiger charge is -2.26. The number of morpholine rings is 1.